The number of halogens is 4. The van der Waals surface area contributed by atoms with Crippen LogP contribution < -0.4 is 16.0 Å². The number of carboxylic acids is 1. The van der Waals surface area contributed by atoms with E-state index in [2.05, 4.69) is 22.0 Å². The Morgan fingerprint density at radius 1 is 1.17 bits per heavy atom. The molecule has 218 valence electrons. The Balaban J connectivity index is 1.71. The molecule has 2 aliphatic rings. The number of carbonyl (C=O) groups excluding carboxylic acids is 1. The molecule has 2 heterocycles. The van der Waals surface area contributed by atoms with Crippen molar-refractivity contribution in [1.82, 2.24) is 5.32 Å². The van der Waals surface area contributed by atoms with Gasteiger partial charge < -0.3 is 26.2 Å². The van der Waals surface area contributed by atoms with Crippen molar-refractivity contribution in [3.8, 4) is 6.07 Å². The number of amides is 1. The van der Waals surface area contributed by atoms with Crippen molar-refractivity contribution in [1.29, 1.82) is 5.26 Å². The molecule has 0 saturated carbocycles. The van der Waals surface area contributed by atoms with Crippen LogP contribution in [0.2, 0.25) is 15.1 Å². The van der Waals surface area contributed by atoms with Gasteiger partial charge in [-0.05, 0) is 67.8 Å². The van der Waals surface area contributed by atoms with Gasteiger partial charge in [-0.3, -0.25) is 4.79 Å². The number of aromatic carboxylic acids is 1. The third-order valence-corrected chi connectivity index (χ3v) is 8.88. The van der Waals surface area contributed by atoms with Gasteiger partial charge in [0.05, 0.1) is 38.8 Å². The monoisotopic (exact) mass is 630 g/mol. The molecule has 5 rings (SSSR count). The van der Waals surface area contributed by atoms with Gasteiger partial charge in [-0.25, -0.2) is 9.18 Å². The lowest BCUT2D eigenvalue weighted by molar-refractivity contribution is -0.122. The van der Waals surface area contributed by atoms with E-state index in [0.29, 0.717) is 16.3 Å². The first-order chi connectivity index (χ1) is 19.8. The van der Waals surface area contributed by atoms with Gasteiger partial charge in [-0.15, -0.1) is 0 Å². The van der Waals surface area contributed by atoms with Crippen LogP contribution in [0.5, 0.6) is 0 Å². The topological polar surface area (TPSA) is 134 Å². The maximum atomic E-state index is 15.9. The molecule has 3 aromatic rings. The van der Waals surface area contributed by atoms with Gasteiger partial charge in [0.15, 0.2) is 0 Å². The third kappa shape index (κ3) is 4.97. The van der Waals surface area contributed by atoms with Gasteiger partial charge in [-0.1, -0.05) is 53.0 Å². The van der Waals surface area contributed by atoms with Crippen LogP contribution in [0.3, 0.4) is 0 Å². The number of nitrogens with one attached hydrogen (secondary N) is 3. The van der Waals surface area contributed by atoms with E-state index in [9.17, 15) is 25.1 Å². The first kappa shape index (κ1) is 30.1. The molecule has 1 fully saturated rings. The number of benzene rings is 3. The van der Waals surface area contributed by atoms with Crippen molar-refractivity contribution in [3.05, 3.63) is 92.2 Å². The van der Waals surface area contributed by atoms with E-state index in [-0.39, 0.29) is 33.3 Å². The Bertz CT molecular complexity index is 1650. The molecule has 5 N–H and O–H groups in total. The molecule has 42 heavy (non-hydrogen) atoms. The lowest BCUT2D eigenvalue weighted by Crippen LogP contribution is -2.50. The number of nitriles is 1. The number of carboxylic acid groups (broad SMARTS) is 1. The minimum Gasteiger partial charge on any atom is -0.478 e. The van der Waals surface area contributed by atoms with Crippen LogP contribution in [0.25, 0.3) is 0 Å². The van der Waals surface area contributed by atoms with Crippen molar-refractivity contribution in [2.45, 2.75) is 49.9 Å². The Morgan fingerprint density at radius 2 is 1.90 bits per heavy atom. The molecule has 0 radical (unpaired) electrons. The third-order valence-electron chi connectivity index (χ3n) is 8.04. The molecule has 0 bridgehead atoms. The molecule has 1 spiro atoms. The molecule has 12 heteroatoms. The van der Waals surface area contributed by atoms with Crippen LogP contribution in [0.15, 0.2) is 54.6 Å². The first-order valence-electron chi connectivity index (χ1n) is 13.0. The van der Waals surface area contributed by atoms with E-state index in [1.807, 2.05) is 0 Å². The van der Waals surface area contributed by atoms with E-state index in [4.69, 9.17) is 34.8 Å². The number of rotatable bonds is 7. The van der Waals surface area contributed by atoms with E-state index >= 15 is 4.39 Å². The fourth-order valence-corrected chi connectivity index (χ4v) is 6.80. The van der Waals surface area contributed by atoms with Crippen molar-refractivity contribution in [3.63, 3.8) is 0 Å². The predicted octanol–water partition coefficient (Wildman–Crippen LogP) is 6.17. The number of hydrogen-bond acceptors (Lipinski definition) is 6. The van der Waals surface area contributed by atoms with E-state index in [1.54, 1.807) is 38.1 Å². The standard InChI is InChI=1S/C30H26Cl3FN4O4/c1-29(2,13-35)12-22-30(17-8-7-15(31)11-21(17)37-28(30)42)23(16-4-3-5-18(32)24(16)34)25(38-22)26(39)36-20-9-6-14(27(40)41)10-19(20)33/h3-11,22-23,25-26,36,38-39H,12H2,1-2H3,(H,37,42)(H,40,41)/t22-,23-,25+,26?,30+/m0/s1. The zero-order chi connectivity index (χ0) is 30.6. The smallest absolute Gasteiger partial charge is 0.335 e. The molecule has 1 unspecified atom stereocenters. The average Bonchev–Trinajstić information content (AvgIpc) is 3.40. The average molecular weight is 632 g/mol. The second kappa shape index (κ2) is 11.0. The van der Waals surface area contributed by atoms with E-state index in [0.717, 1.165) is 0 Å². The van der Waals surface area contributed by atoms with E-state index in [1.165, 1.54) is 30.3 Å². The summed E-state index contributed by atoms with van der Waals surface area (Å²) in [4.78, 5) is 25.6. The highest BCUT2D eigenvalue weighted by molar-refractivity contribution is 6.33. The van der Waals surface area contributed by atoms with Crippen LogP contribution in [0, 0.1) is 22.6 Å². The molecule has 1 amide bonds. The van der Waals surface area contributed by atoms with Crippen LogP contribution in [0.4, 0.5) is 15.8 Å². The second-order valence-corrected chi connectivity index (χ2v) is 12.4. The van der Waals surface area contributed by atoms with Crippen molar-refractivity contribution >= 4 is 58.1 Å². The summed E-state index contributed by atoms with van der Waals surface area (Å²) >= 11 is 18.8. The first-order valence-corrected chi connectivity index (χ1v) is 14.1. The normalized spacial score (nSPS) is 23.8. The Hall–Kier alpha value is -3.39. The number of carbonyl (C=O) groups is 2. The summed E-state index contributed by atoms with van der Waals surface area (Å²) in [6.45, 7) is 3.47. The summed E-state index contributed by atoms with van der Waals surface area (Å²) in [5.41, 5.74) is -1.18. The number of fused-ring (bicyclic) bond motifs is 2. The van der Waals surface area contributed by atoms with Gasteiger partial charge >= 0.3 is 5.97 Å². The molecule has 0 aromatic heterocycles. The predicted molar refractivity (Wildman–Crippen MR) is 159 cm³/mol. The molecule has 3 aromatic carbocycles. The maximum Gasteiger partial charge on any atom is 0.335 e. The largest absolute Gasteiger partial charge is 0.478 e. The minimum absolute atomic E-state index is 0.0351. The summed E-state index contributed by atoms with van der Waals surface area (Å²) in [6, 6.07) is 13.9. The van der Waals surface area contributed by atoms with Crippen molar-refractivity contribution < 1.29 is 24.2 Å². The highest BCUT2D eigenvalue weighted by atomic mass is 35.5. The SMILES string of the molecule is CC(C)(C#N)C[C@@H]1N[C@@H](C(O)Nc2ccc(C(=O)O)cc2Cl)[C@H](c2cccc(Cl)c2F)[C@]12C(=O)Nc1cc(Cl)ccc12. The summed E-state index contributed by atoms with van der Waals surface area (Å²) in [5.74, 6) is -3.41. The summed E-state index contributed by atoms with van der Waals surface area (Å²) in [6.07, 6.45) is -1.31. The Kier molecular flexibility index (Phi) is 7.90. The van der Waals surface area contributed by atoms with Gasteiger partial charge in [-0.2, -0.15) is 5.26 Å². The lowest BCUT2D eigenvalue weighted by atomic mass is 9.62. The van der Waals surface area contributed by atoms with Crippen LogP contribution >= 0.6 is 34.8 Å². The maximum absolute atomic E-state index is 15.9. The molecule has 2 aliphatic heterocycles. The second-order valence-electron chi connectivity index (χ2n) is 11.2. The number of anilines is 2. The number of aliphatic hydroxyl groups excluding tert-OH is 1. The molecular formula is C30H26Cl3FN4O4. The van der Waals surface area contributed by atoms with Gasteiger partial charge in [0.1, 0.15) is 17.5 Å². The van der Waals surface area contributed by atoms with Gasteiger partial charge in [0, 0.05) is 22.7 Å². The van der Waals surface area contributed by atoms with Gasteiger partial charge in [0.2, 0.25) is 5.91 Å². The van der Waals surface area contributed by atoms with Crippen LogP contribution in [0.1, 0.15) is 47.7 Å². The fourth-order valence-electron chi connectivity index (χ4n) is 6.21. The summed E-state index contributed by atoms with van der Waals surface area (Å²) in [5, 5.41) is 40.3. The summed E-state index contributed by atoms with van der Waals surface area (Å²) in [7, 11) is 0. The minimum atomic E-state index is -1.50. The van der Waals surface area contributed by atoms with Crippen molar-refractivity contribution in [2.75, 3.05) is 10.6 Å². The Morgan fingerprint density at radius 3 is 2.57 bits per heavy atom. The molecule has 1 saturated heterocycles. The zero-order valence-corrected chi connectivity index (χ0v) is 24.7. The zero-order valence-electron chi connectivity index (χ0n) is 22.4. The number of nitrogens with zero attached hydrogens (tertiary/aromatic N) is 1. The highest BCUT2D eigenvalue weighted by Gasteiger charge is 2.66. The molecular weight excluding hydrogens is 606 g/mol. The fraction of sp³-hybridized carbons (Fsp3) is 0.300. The molecule has 5 atom stereocenters. The van der Waals surface area contributed by atoms with Crippen molar-refractivity contribution in [2.24, 2.45) is 5.41 Å². The number of hydrogen-bond donors (Lipinski definition) is 5. The van der Waals surface area contributed by atoms with E-state index < -0.39 is 52.8 Å². The van der Waals surface area contributed by atoms with Gasteiger partial charge in [0.25, 0.3) is 0 Å². The molecule has 0 aliphatic carbocycles. The number of aliphatic hydroxyl groups is 1. The molecule has 8 nitrogen and oxygen atoms in total. The van der Waals surface area contributed by atoms with Crippen LogP contribution in [-0.2, 0) is 10.2 Å². The summed E-state index contributed by atoms with van der Waals surface area (Å²) < 4.78 is 15.9. The highest BCUT2D eigenvalue weighted by Crippen LogP contribution is 2.57. The lowest BCUT2D eigenvalue weighted by Gasteiger charge is -2.37. The quantitative estimate of drug-likeness (QED) is 0.197. The van der Waals surface area contributed by atoms with Crippen LogP contribution in [-0.4, -0.2) is 40.4 Å². The Labute approximate surface area is 256 Å².